The lowest BCUT2D eigenvalue weighted by molar-refractivity contribution is -0.137. The summed E-state index contributed by atoms with van der Waals surface area (Å²) in [5.74, 6) is 0. The smallest absolute Gasteiger partial charge is 0.388 e. The van der Waals surface area contributed by atoms with Gasteiger partial charge in [-0.05, 0) is 31.0 Å². The monoisotopic (exact) mass is 331 g/mol. The van der Waals surface area contributed by atoms with Gasteiger partial charge in [0.15, 0.2) is 5.13 Å². The molecule has 0 amide bonds. The molecule has 0 aliphatic carbocycles. The van der Waals surface area contributed by atoms with Gasteiger partial charge in [0.05, 0.1) is 21.4 Å². The van der Waals surface area contributed by atoms with Crippen LogP contribution in [0.2, 0.25) is 0 Å². The molecule has 1 aliphatic rings. The fourth-order valence-electron chi connectivity index (χ4n) is 2.55. The molecule has 8 heteroatoms. The van der Waals surface area contributed by atoms with Gasteiger partial charge in [0.1, 0.15) is 0 Å². The molecule has 0 saturated carbocycles. The third-order valence-electron chi connectivity index (χ3n) is 4.05. The Morgan fingerprint density at radius 3 is 2.59 bits per heavy atom. The number of fused-ring (bicyclic) bond motifs is 1. The van der Waals surface area contributed by atoms with Crippen molar-refractivity contribution in [3.8, 4) is 0 Å². The molecule has 1 aromatic carbocycles. The maximum Gasteiger partial charge on any atom is 0.416 e. The van der Waals surface area contributed by atoms with E-state index < -0.39 is 17.3 Å². The van der Waals surface area contributed by atoms with Crippen LogP contribution in [0.25, 0.3) is 10.2 Å². The minimum Gasteiger partial charge on any atom is -0.388 e. The number of nitrogens with two attached hydrogens (primary N) is 1. The van der Waals surface area contributed by atoms with Gasteiger partial charge < -0.3 is 15.7 Å². The lowest BCUT2D eigenvalue weighted by Gasteiger charge is -2.37. The van der Waals surface area contributed by atoms with Crippen molar-refractivity contribution in [3.63, 3.8) is 0 Å². The number of rotatable bonds is 2. The number of aliphatic hydroxyl groups is 1. The molecule has 2 heterocycles. The Bertz CT molecular complexity index is 678. The lowest BCUT2D eigenvalue weighted by Crippen LogP contribution is -2.48. The first-order chi connectivity index (χ1) is 10.3. The number of benzene rings is 1. The molecule has 0 bridgehead atoms. The Labute approximate surface area is 129 Å². The van der Waals surface area contributed by atoms with E-state index in [1.807, 2.05) is 4.90 Å². The predicted octanol–water partition coefficient (Wildman–Crippen LogP) is 2.61. The summed E-state index contributed by atoms with van der Waals surface area (Å²) in [6.45, 7) is 1.41. The van der Waals surface area contributed by atoms with E-state index in [1.54, 1.807) is 0 Å². The Morgan fingerprint density at radius 2 is 2.00 bits per heavy atom. The van der Waals surface area contributed by atoms with E-state index in [1.165, 1.54) is 17.4 Å². The van der Waals surface area contributed by atoms with Crippen LogP contribution in [-0.4, -0.2) is 35.3 Å². The molecule has 1 aliphatic heterocycles. The topological polar surface area (TPSA) is 62.4 Å². The largest absolute Gasteiger partial charge is 0.416 e. The van der Waals surface area contributed by atoms with Crippen LogP contribution >= 0.6 is 11.3 Å². The molecule has 3 N–H and O–H groups in total. The van der Waals surface area contributed by atoms with E-state index in [4.69, 9.17) is 5.73 Å². The van der Waals surface area contributed by atoms with Gasteiger partial charge in [0, 0.05) is 19.6 Å². The molecule has 0 atom stereocenters. The van der Waals surface area contributed by atoms with E-state index in [0.29, 0.717) is 36.6 Å². The second kappa shape index (κ2) is 5.36. The molecule has 22 heavy (non-hydrogen) atoms. The number of thiazole rings is 1. The quantitative estimate of drug-likeness (QED) is 0.888. The number of nitrogens with zero attached hydrogens (tertiary/aromatic N) is 2. The van der Waals surface area contributed by atoms with E-state index in [2.05, 4.69) is 4.98 Å². The Balaban J connectivity index is 1.84. The summed E-state index contributed by atoms with van der Waals surface area (Å²) in [7, 11) is 0. The average Bonchev–Trinajstić information content (AvgIpc) is 2.90. The third kappa shape index (κ3) is 2.90. The van der Waals surface area contributed by atoms with Crippen molar-refractivity contribution in [2.75, 3.05) is 24.5 Å². The summed E-state index contributed by atoms with van der Waals surface area (Å²) < 4.78 is 38.9. The van der Waals surface area contributed by atoms with Crippen LogP contribution in [0.3, 0.4) is 0 Å². The normalized spacial score (nSPS) is 18.9. The standard InChI is InChI=1S/C14H16F3N3OS/c15-14(16,17)9-1-2-11-10(7-9)19-12(22-11)20-5-3-13(21,8-18)4-6-20/h1-2,7,21H,3-6,8,18H2. The van der Waals surface area contributed by atoms with E-state index >= 15 is 0 Å². The van der Waals surface area contributed by atoms with E-state index in [-0.39, 0.29) is 6.54 Å². The molecule has 3 rings (SSSR count). The highest BCUT2D eigenvalue weighted by Gasteiger charge is 2.33. The zero-order valence-corrected chi connectivity index (χ0v) is 12.5. The molecule has 120 valence electrons. The van der Waals surface area contributed by atoms with Gasteiger partial charge in [0.25, 0.3) is 0 Å². The van der Waals surface area contributed by atoms with Gasteiger partial charge in [-0.15, -0.1) is 0 Å². The van der Waals surface area contributed by atoms with Crippen molar-refractivity contribution in [2.45, 2.75) is 24.6 Å². The minimum atomic E-state index is -4.36. The molecular formula is C14H16F3N3OS. The van der Waals surface area contributed by atoms with Crippen molar-refractivity contribution in [3.05, 3.63) is 23.8 Å². The molecule has 4 nitrogen and oxygen atoms in total. The first kappa shape index (κ1) is 15.5. The maximum absolute atomic E-state index is 12.7. The van der Waals surface area contributed by atoms with Crippen LogP contribution in [0.15, 0.2) is 18.2 Å². The summed E-state index contributed by atoms with van der Waals surface area (Å²) in [5.41, 5.74) is 4.38. The summed E-state index contributed by atoms with van der Waals surface area (Å²) >= 11 is 1.37. The third-order valence-corrected chi connectivity index (χ3v) is 5.15. The molecule has 1 saturated heterocycles. The van der Waals surface area contributed by atoms with Crippen LogP contribution < -0.4 is 10.6 Å². The number of anilines is 1. The van der Waals surface area contributed by atoms with Crippen molar-refractivity contribution in [1.29, 1.82) is 0 Å². The van der Waals surface area contributed by atoms with Gasteiger partial charge in [-0.3, -0.25) is 0 Å². The van der Waals surface area contributed by atoms with Crippen LogP contribution in [0.5, 0.6) is 0 Å². The van der Waals surface area contributed by atoms with Gasteiger partial charge in [-0.2, -0.15) is 13.2 Å². The minimum absolute atomic E-state index is 0.218. The highest BCUT2D eigenvalue weighted by atomic mass is 32.1. The Kier molecular flexibility index (Phi) is 3.78. The number of piperidine rings is 1. The second-order valence-corrected chi connectivity index (χ2v) is 6.60. The molecule has 0 unspecified atom stereocenters. The number of alkyl halides is 3. The first-order valence-corrected chi connectivity index (χ1v) is 7.78. The van der Waals surface area contributed by atoms with Gasteiger partial charge in [-0.1, -0.05) is 11.3 Å². The van der Waals surface area contributed by atoms with Gasteiger partial charge >= 0.3 is 6.18 Å². The predicted molar refractivity (Wildman–Crippen MR) is 80.1 cm³/mol. The number of aromatic nitrogens is 1. The van der Waals surface area contributed by atoms with Crippen molar-refractivity contribution < 1.29 is 18.3 Å². The zero-order chi connectivity index (χ0) is 16.0. The van der Waals surface area contributed by atoms with Crippen molar-refractivity contribution in [1.82, 2.24) is 4.98 Å². The summed E-state index contributed by atoms with van der Waals surface area (Å²) in [6.07, 6.45) is -3.29. The van der Waals surface area contributed by atoms with Gasteiger partial charge in [-0.25, -0.2) is 4.98 Å². The zero-order valence-electron chi connectivity index (χ0n) is 11.7. The maximum atomic E-state index is 12.7. The molecule has 0 spiro atoms. The summed E-state index contributed by atoms with van der Waals surface area (Å²) in [4.78, 5) is 6.30. The van der Waals surface area contributed by atoms with Crippen molar-refractivity contribution in [2.24, 2.45) is 5.73 Å². The average molecular weight is 331 g/mol. The van der Waals surface area contributed by atoms with Crippen LogP contribution in [0.4, 0.5) is 18.3 Å². The fourth-order valence-corrected chi connectivity index (χ4v) is 3.54. The van der Waals surface area contributed by atoms with Crippen LogP contribution in [-0.2, 0) is 6.18 Å². The second-order valence-electron chi connectivity index (χ2n) is 5.59. The van der Waals surface area contributed by atoms with Crippen LogP contribution in [0, 0.1) is 0 Å². The molecule has 0 radical (unpaired) electrons. The van der Waals surface area contributed by atoms with E-state index in [9.17, 15) is 18.3 Å². The highest BCUT2D eigenvalue weighted by molar-refractivity contribution is 7.22. The van der Waals surface area contributed by atoms with Crippen LogP contribution in [0.1, 0.15) is 18.4 Å². The molecule has 2 aromatic rings. The van der Waals surface area contributed by atoms with Gasteiger partial charge in [0.2, 0.25) is 0 Å². The molecular weight excluding hydrogens is 315 g/mol. The molecule has 1 fully saturated rings. The number of hydrogen-bond donors (Lipinski definition) is 2. The van der Waals surface area contributed by atoms with E-state index in [0.717, 1.165) is 16.8 Å². The fraction of sp³-hybridized carbons (Fsp3) is 0.500. The Morgan fingerprint density at radius 1 is 1.32 bits per heavy atom. The van der Waals surface area contributed by atoms with Crippen molar-refractivity contribution >= 4 is 26.7 Å². The SMILES string of the molecule is NCC1(O)CCN(c2nc3cc(C(F)(F)F)ccc3s2)CC1. The summed E-state index contributed by atoms with van der Waals surface area (Å²) in [5, 5.41) is 10.8. The lowest BCUT2D eigenvalue weighted by atomic mass is 9.92. The summed E-state index contributed by atoms with van der Waals surface area (Å²) in [6, 6.07) is 3.61. The number of halogens is 3. The molecule has 1 aromatic heterocycles. The highest BCUT2D eigenvalue weighted by Crippen LogP contribution is 2.36. The first-order valence-electron chi connectivity index (χ1n) is 6.96. The Hall–Kier alpha value is -1.38. The number of hydrogen-bond acceptors (Lipinski definition) is 5.